The number of nitrogens with zero attached hydrogens (tertiary/aromatic N) is 1. The quantitative estimate of drug-likeness (QED) is 0.452. The molecule has 0 aliphatic heterocycles. The van der Waals surface area contributed by atoms with Gasteiger partial charge in [0.1, 0.15) is 11.4 Å². The molecule has 0 saturated heterocycles. The molecular formula is C14H20N2O. The highest BCUT2D eigenvalue weighted by atomic mass is 16.5. The second-order valence-electron chi connectivity index (χ2n) is 4.57. The predicted octanol–water partition coefficient (Wildman–Crippen LogP) is 3.00. The van der Waals surface area contributed by atoms with Crippen LogP contribution in [0.2, 0.25) is 0 Å². The van der Waals surface area contributed by atoms with E-state index < -0.39 is 0 Å². The smallest absolute Gasteiger partial charge is 0.191 e. The average molecular weight is 232 g/mol. The third-order valence-corrected chi connectivity index (χ3v) is 1.67. The van der Waals surface area contributed by atoms with E-state index in [-0.39, 0.29) is 11.4 Å². The maximum Gasteiger partial charge on any atom is 0.191 e. The van der Waals surface area contributed by atoms with Crippen LogP contribution in [-0.2, 0) is 4.74 Å². The van der Waals surface area contributed by atoms with E-state index in [4.69, 9.17) is 23.0 Å². The minimum absolute atomic E-state index is 0.235. The number of ether oxygens (including phenoxy) is 1. The standard InChI is InChI=1S/C14H20N2O/c1-6-8-10-12(15)16-13(11-9-7-2)17-14(3,4)5/h1-2,15H,8-11H2,3-5H3/b15-12?,16-13+. The fraction of sp³-hybridized carbons (Fsp3) is 0.571. The normalized spacial score (nSPS) is 11.5. The number of nitrogens with one attached hydrogen (secondary N) is 1. The van der Waals surface area contributed by atoms with Gasteiger partial charge in [-0.1, -0.05) is 0 Å². The number of rotatable bonds is 4. The van der Waals surface area contributed by atoms with Crippen LogP contribution in [0.3, 0.4) is 0 Å². The van der Waals surface area contributed by atoms with E-state index >= 15 is 0 Å². The zero-order valence-corrected chi connectivity index (χ0v) is 10.8. The van der Waals surface area contributed by atoms with Crippen molar-refractivity contribution in [3.63, 3.8) is 0 Å². The van der Waals surface area contributed by atoms with Crippen molar-refractivity contribution in [1.82, 2.24) is 0 Å². The molecule has 0 unspecified atom stereocenters. The summed E-state index contributed by atoms with van der Waals surface area (Å²) in [5.41, 5.74) is -0.334. The van der Waals surface area contributed by atoms with Crippen LogP contribution in [0, 0.1) is 30.1 Å². The molecule has 0 aromatic carbocycles. The van der Waals surface area contributed by atoms with Crippen molar-refractivity contribution in [2.24, 2.45) is 4.99 Å². The summed E-state index contributed by atoms with van der Waals surface area (Å²) in [5, 5.41) is 7.65. The minimum atomic E-state index is -0.334. The van der Waals surface area contributed by atoms with E-state index in [0.717, 1.165) is 0 Å². The van der Waals surface area contributed by atoms with Gasteiger partial charge in [-0.3, -0.25) is 5.41 Å². The van der Waals surface area contributed by atoms with Gasteiger partial charge in [-0.25, -0.2) is 4.99 Å². The molecule has 0 rings (SSSR count). The van der Waals surface area contributed by atoms with Crippen LogP contribution in [0.1, 0.15) is 46.5 Å². The van der Waals surface area contributed by atoms with Crippen molar-refractivity contribution in [2.45, 2.75) is 52.1 Å². The molecule has 0 aliphatic carbocycles. The van der Waals surface area contributed by atoms with Gasteiger partial charge in [0.2, 0.25) is 0 Å². The summed E-state index contributed by atoms with van der Waals surface area (Å²) >= 11 is 0. The van der Waals surface area contributed by atoms with Gasteiger partial charge in [0.15, 0.2) is 5.90 Å². The van der Waals surface area contributed by atoms with Gasteiger partial charge in [0.05, 0.1) is 0 Å². The monoisotopic (exact) mass is 232 g/mol. The molecule has 1 N–H and O–H groups in total. The van der Waals surface area contributed by atoms with E-state index in [0.29, 0.717) is 31.6 Å². The summed E-state index contributed by atoms with van der Waals surface area (Å²) in [5.74, 6) is 5.76. The van der Waals surface area contributed by atoms with Crippen molar-refractivity contribution in [3.8, 4) is 24.7 Å². The molecule has 92 valence electrons. The molecule has 17 heavy (non-hydrogen) atoms. The first-order valence-electron chi connectivity index (χ1n) is 5.60. The summed E-state index contributed by atoms with van der Waals surface area (Å²) in [4.78, 5) is 4.12. The van der Waals surface area contributed by atoms with Crippen molar-refractivity contribution in [1.29, 1.82) is 5.41 Å². The maximum atomic E-state index is 7.65. The van der Waals surface area contributed by atoms with E-state index in [1.807, 2.05) is 20.8 Å². The lowest BCUT2D eigenvalue weighted by Crippen LogP contribution is -2.24. The van der Waals surface area contributed by atoms with Gasteiger partial charge in [-0.2, -0.15) is 0 Å². The van der Waals surface area contributed by atoms with E-state index in [1.54, 1.807) is 0 Å². The van der Waals surface area contributed by atoms with Crippen molar-refractivity contribution >= 4 is 11.7 Å². The molecule has 0 radical (unpaired) electrons. The lowest BCUT2D eigenvalue weighted by Gasteiger charge is -2.22. The Morgan fingerprint density at radius 2 is 1.71 bits per heavy atom. The van der Waals surface area contributed by atoms with Crippen LogP contribution >= 0.6 is 0 Å². The summed E-state index contributed by atoms with van der Waals surface area (Å²) in [6.45, 7) is 5.80. The SMILES string of the molecule is C#CCCC(=N)/N=C(\CCC#C)OC(C)(C)C. The average Bonchev–Trinajstić information content (AvgIpc) is 2.21. The topological polar surface area (TPSA) is 45.4 Å². The molecule has 3 heteroatoms. The number of terminal acetylenes is 2. The number of hydrogen-bond donors (Lipinski definition) is 1. The van der Waals surface area contributed by atoms with E-state index in [1.165, 1.54) is 0 Å². The van der Waals surface area contributed by atoms with Gasteiger partial charge < -0.3 is 4.74 Å². The number of hydrogen-bond acceptors (Lipinski definition) is 2. The van der Waals surface area contributed by atoms with Gasteiger partial charge in [-0.05, 0) is 20.8 Å². The molecule has 0 saturated carbocycles. The Bertz CT molecular complexity index is 361. The van der Waals surface area contributed by atoms with Crippen LogP contribution in [0.15, 0.2) is 4.99 Å². The summed E-state index contributed by atoms with van der Waals surface area (Å²) in [7, 11) is 0. The summed E-state index contributed by atoms with van der Waals surface area (Å²) < 4.78 is 5.65. The first-order valence-corrected chi connectivity index (χ1v) is 5.60. The molecule has 3 nitrogen and oxygen atoms in total. The Morgan fingerprint density at radius 1 is 1.18 bits per heavy atom. The second kappa shape index (κ2) is 7.52. The fourth-order valence-electron chi connectivity index (χ4n) is 1.06. The molecule has 0 spiro atoms. The minimum Gasteiger partial charge on any atom is -0.475 e. The Labute approximate surface area is 104 Å². The molecule has 0 bridgehead atoms. The zero-order valence-electron chi connectivity index (χ0n) is 10.8. The lowest BCUT2D eigenvalue weighted by atomic mass is 10.2. The molecule has 0 amide bonds. The number of amidine groups is 1. The second-order valence-corrected chi connectivity index (χ2v) is 4.57. The third kappa shape index (κ3) is 9.20. The molecule has 0 aliphatic rings. The Hall–Kier alpha value is -1.74. The van der Waals surface area contributed by atoms with Gasteiger partial charge in [-0.15, -0.1) is 24.7 Å². The molecule has 0 aromatic rings. The zero-order chi connectivity index (χ0) is 13.3. The summed E-state index contributed by atoms with van der Waals surface area (Å²) in [6.07, 6.45) is 12.4. The van der Waals surface area contributed by atoms with Crippen LogP contribution in [0.25, 0.3) is 0 Å². The highest BCUT2D eigenvalue weighted by Gasteiger charge is 2.14. The van der Waals surface area contributed by atoms with Gasteiger partial charge in [0, 0.05) is 25.7 Å². The third-order valence-electron chi connectivity index (χ3n) is 1.67. The van der Waals surface area contributed by atoms with Crippen molar-refractivity contribution in [3.05, 3.63) is 0 Å². The lowest BCUT2D eigenvalue weighted by molar-refractivity contribution is 0.112. The van der Waals surface area contributed by atoms with Crippen LogP contribution in [0.5, 0.6) is 0 Å². The Balaban J connectivity index is 4.56. The first kappa shape index (κ1) is 15.3. The van der Waals surface area contributed by atoms with Crippen LogP contribution in [0.4, 0.5) is 0 Å². The largest absolute Gasteiger partial charge is 0.475 e. The van der Waals surface area contributed by atoms with Crippen LogP contribution in [-0.4, -0.2) is 17.3 Å². The molecule has 0 fully saturated rings. The Kier molecular flexibility index (Phi) is 6.75. The van der Waals surface area contributed by atoms with Crippen molar-refractivity contribution < 1.29 is 4.74 Å². The van der Waals surface area contributed by atoms with Crippen molar-refractivity contribution in [2.75, 3.05) is 0 Å². The number of aliphatic imine (C=N–C) groups is 1. The van der Waals surface area contributed by atoms with E-state index in [2.05, 4.69) is 16.8 Å². The molecular weight excluding hydrogens is 212 g/mol. The van der Waals surface area contributed by atoms with Gasteiger partial charge >= 0.3 is 0 Å². The highest BCUT2D eigenvalue weighted by molar-refractivity contribution is 5.93. The highest BCUT2D eigenvalue weighted by Crippen LogP contribution is 2.11. The van der Waals surface area contributed by atoms with Crippen LogP contribution < -0.4 is 0 Å². The molecule has 0 atom stereocenters. The fourth-order valence-corrected chi connectivity index (χ4v) is 1.06. The first-order chi connectivity index (χ1) is 7.89. The Morgan fingerprint density at radius 3 is 2.18 bits per heavy atom. The molecule has 0 heterocycles. The van der Waals surface area contributed by atoms with E-state index in [9.17, 15) is 0 Å². The molecule has 0 aromatic heterocycles. The summed E-state index contributed by atoms with van der Waals surface area (Å²) in [6, 6.07) is 0. The maximum absolute atomic E-state index is 7.65. The van der Waals surface area contributed by atoms with Gasteiger partial charge in [0.25, 0.3) is 0 Å². The predicted molar refractivity (Wildman–Crippen MR) is 72.1 cm³/mol.